The van der Waals surface area contributed by atoms with Crippen LogP contribution in [0.2, 0.25) is 0 Å². The molecule has 0 radical (unpaired) electrons. The molecule has 0 amide bonds. The molecule has 0 saturated heterocycles. The van der Waals surface area contributed by atoms with Crippen LogP contribution < -0.4 is 0 Å². The lowest BCUT2D eigenvalue weighted by Gasteiger charge is -2.57. The Bertz CT molecular complexity index is 558. The molecule has 3 heteroatoms. The molecule has 4 fully saturated rings. The summed E-state index contributed by atoms with van der Waals surface area (Å²) in [5.74, 6) is 2.96. The van der Waals surface area contributed by atoms with Crippen LogP contribution >= 0.6 is 22.6 Å². The van der Waals surface area contributed by atoms with E-state index >= 15 is 0 Å². The van der Waals surface area contributed by atoms with Gasteiger partial charge in [-0.2, -0.15) is 5.26 Å². The van der Waals surface area contributed by atoms with Gasteiger partial charge in [-0.25, -0.2) is 0 Å². The van der Waals surface area contributed by atoms with Crippen molar-refractivity contribution >= 4 is 22.6 Å². The van der Waals surface area contributed by atoms with E-state index in [2.05, 4.69) is 46.2 Å². The number of nitriles is 1. The second-order valence-corrected chi connectivity index (χ2v) is 8.74. The van der Waals surface area contributed by atoms with Crippen molar-refractivity contribution < 1.29 is 0 Å². The molecule has 0 spiro atoms. The molecule has 5 rings (SSSR count). The second kappa shape index (κ2) is 4.50. The Kier molecular flexibility index (Phi) is 2.96. The number of hydrogen-bond acceptors (Lipinski definition) is 1. The number of halogens is 1. The summed E-state index contributed by atoms with van der Waals surface area (Å²) in [7, 11) is 0. The van der Waals surface area contributed by atoms with Crippen LogP contribution in [-0.4, -0.2) is 4.57 Å². The van der Waals surface area contributed by atoms with Crippen LogP contribution in [0, 0.1) is 45.0 Å². The van der Waals surface area contributed by atoms with Crippen LogP contribution in [0.1, 0.15) is 49.9 Å². The van der Waals surface area contributed by atoms with E-state index in [0.29, 0.717) is 5.41 Å². The van der Waals surface area contributed by atoms with Crippen molar-refractivity contribution in [1.82, 2.24) is 4.57 Å². The quantitative estimate of drug-likeness (QED) is 0.695. The molecule has 0 aliphatic heterocycles. The monoisotopic (exact) mass is 380 g/mol. The highest BCUT2D eigenvalue weighted by Crippen LogP contribution is 2.60. The first-order chi connectivity index (χ1) is 9.58. The third kappa shape index (κ3) is 1.94. The lowest BCUT2D eigenvalue weighted by Crippen LogP contribution is -2.48. The molecular formula is C17H21IN2. The Labute approximate surface area is 134 Å². The highest BCUT2D eigenvalue weighted by molar-refractivity contribution is 14.1. The number of nitrogens with zero attached hydrogens (tertiary/aromatic N) is 2. The first kappa shape index (κ1) is 13.2. The predicted molar refractivity (Wildman–Crippen MR) is 87.2 cm³/mol. The summed E-state index contributed by atoms with van der Waals surface area (Å²) in [6.45, 7) is 3.26. The fourth-order valence-corrected chi connectivity index (χ4v) is 6.31. The topological polar surface area (TPSA) is 28.7 Å². The van der Waals surface area contributed by atoms with Gasteiger partial charge in [0.05, 0.1) is 0 Å². The van der Waals surface area contributed by atoms with Gasteiger partial charge in [0.1, 0.15) is 11.8 Å². The van der Waals surface area contributed by atoms with E-state index in [4.69, 9.17) is 0 Å². The van der Waals surface area contributed by atoms with Crippen molar-refractivity contribution in [2.75, 3.05) is 0 Å². The van der Waals surface area contributed by atoms with Gasteiger partial charge in [0.25, 0.3) is 0 Å². The van der Waals surface area contributed by atoms with E-state index in [-0.39, 0.29) is 0 Å². The molecule has 4 saturated carbocycles. The molecule has 2 nitrogen and oxygen atoms in total. The van der Waals surface area contributed by atoms with E-state index in [1.165, 1.54) is 47.8 Å². The molecule has 0 aromatic carbocycles. The third-order valence-corrected chi connectivity index (χ3v) is 7.17. The predicted octanol–water partition coefficient (Wildman–Crippen LogP) is 4.49. The van der Waals surface area contributed by atoms with Gasteiger partial charge in [-0.3, -0.25) is 0 Å². The molecule has 0 N–H and O–H groups in total. The molecule has 0 unspecified atom stereocenters. The van der Waals surface area contributed by atoms with Gasteiger partial charge in [0.2, 0.25) is 0 Å². The van der Waals surface area contributed by atoms with Crippen LogP contribution in [0.5, 0.6) is 0 Å². The van der Waals surface area contributed by atoms with E-state index in [0.717, 1.165) is 30.0 Å². The molecule has 0 atom stereocenters. The molecule has 20 heavy (non-hydrogen) atoms. The molecule has 1 heterocycles. The summed E-state index contributed by atoms with van der Waals surface area (Å²) in [6.07, 6.45) is 8.72. The van der Waals surface area contributed by atoms with Crippen molar-refractivity contribution in [3.63, 3.8) is 0 Å². The standard InChI is InChI=1S/C17H21IN2/c1-11-16(18)5-15(9-19)20(11)10-17-6-12-2-13(7-17)4-14(3-12)8-17/h5,12-14H,2-4,6-8,10H2,1H3. The van der Waals surface area contributed by atoms with Gasteiger partial charge < -0.3 is 4.57 Å². The fraction of sp³-hybridized carbons (Fsp3) is 0.706. The van der Waals surface area contributed by atoms with Gasteiger partial charge in [-0.05, 0) is 97.3 Å². The first-order valence-electron chi connectivity index (χ1n) is 7.84. The summed E-state index contributed by atoms with van der Waals surface area (Å²) in [5.41, 5.74) is 2.66. The third-order valence-electron chi connectivity index (χ3n) is 6.08. The van der Waals surface area contributed by atoms with E-state index in [9.17, 15) is 5.26 Å². The molecule has 1 aromatic heterocycles. The van der Waals surface area contributed by atoms with Crippen molar-refractivity contribution in [3.05, 3.63) is 21.0 Å². The smallest absolute Gasteiger partial charge is 0.121 e. The summed E-state index contributed by atoms with van der Waals surface area (Å²) >= 11 is 2.36. The Morgan fingerprint density at radius 2 is 1.80 bits per heavy atom. The highest BCUT2D eigenvalue weighted by atomic mass is 127. The maximum atomic E-state index is 9.39. The van der Waals surface area contributed by atoms with E-state index in [1.54, 1.807) is 0 Å². The second-order valence-electron chi connectivity index (χ2n) is 7.58. The highest BCUT2D eigenvalue weighted by Gasteiger charge is 2.51. The summed E-state index contributed by atoms with van der Waals surface area (Å²) in [6, 6.07) is 4.45. The first-order valence-corrected chi connectivity index (χ1v) is 8.92. The minimum absolute atomic E-state index is 0.507. The zero-order valence-corrected chi connectivity index (χ0v) is 14.2. The molecular weight excluding hydrogens is 359 g/mol. The average molecular weight is 380 g/mol. The van der Waals surface area contributed by atoms with Gasteiger partial charge >= 0.3 is 0 Å². The summed E-state index contributed by atoms with van der Waals surface area (Å²) in [4.78, 5) is 0. The number of hydrogen-bond donors (Lipinski definition) is 0. The average Bonchev–Trinajstić information content (AvgIpc) is 2.64. The zero-order chi connectivity index (χ0) is 13.9. The zero-order valence-electron chi connectivity index (χ0n) is 12.0. The van der Waals surface area contributed by atoms with E-state index in [1.807, 2.05) is 0 Å². The van der Waals surface area contributed by atoms with E-state index < -0.39 is 0 Å². The Morgan fingerprint density at radius 3 is 2.30 bits per heavy atom. The maximum Gasteiger partial charge on any atom is 0.121 e. The van der Waals surface area contributed by atoms with Crippen molar-refractivity contribution in [2.45, 2.75) is 52.0 Å². The fourth-order valence-electron chi connectivity index (χ4n) is 5.73. The Morgan fingerprint density at radius 1 is 1.25 bits per heavy atom. The Hall–Kier alpha value is -0.500. The van der Waals surface area contributed by atoms with Gasteiger partial charge in [0.15, 0.2) is 0 Å². The van der Waals surface area contributed by atoms with Crippen molar-refractivity contribution in [2.24, 2.45) is 23.2 Å². The minimum Gasteiger partial charge on any atom is -0.335 e. The van der Waals surface area contributed by atoms with Crippen LogP contribution in [0.25, 0.3) is 0 Å². The van der Waals surface area contributed by atoms with Gasteiger partial charge in [-0.15, -0.1) is 0 Å². The summed E-state index contributed by atoms with van der Waals surface area (Å²) in [5, 5.41) is 9.39. The molecule has 4 bridgehead atoms. The lowest BCUT2D eigenvalue weighted by molar-refractivity contribution is -0.0622. The molecule has 1 aromatic rings. The van der Waals surface area contributed by atoms with Crippen LogP contribution in [-0.2, 0) is 6.54 Å². The van der Waals surface area contributed by atoms with Crippen LogP contribution in [0.4, 0.5) is 0 Å². The lowest BCUT2D eigenvalue weighted by atomic mass is 9.49. The SMILES string of the molecule is Cc1c(I)cc(C#N)n1CC12CC3CC(CC(C3)C1)C2. The van der Waals surface area contributed by atoms with Crippen LogP contribution in [0.3, 0.4) is 0 Å². The van der Waals surface area contributed by atoms with Gasteiger partial charge in [0, 0.05) is 15.8 Å². The minimum atomic E-state index is 0.507. The largest absolute Gasteiger partial charge is 0.335 e. The Balaban J connectivity index is 1.68. The van der Waals surface area contributed by atoms with Crippen molar-refractivity contribution in [3.8, 4) is 6.07 Å². The molecule has 106 valence electrons. The van der Waals surface area contributed by atoms with Crippen molar-refractivity contribution in [1.29, 1.82) is 5.26 Å². The number of rotatable bonds is 2. The summed E-state index contributed by atoms with van der Waals surface area (Å²) < 4.78 is 3.55. The molecule has 4 aliphatic rings. The number of aromatic nitrogens is 1. The van der Waals surface area contributed by atoms with Gasteiger partial charge in [-0.1, -0.05) is 0 Å². The molecule has 4 aliphatic carbocycles. The normalized spacial score (nSPS) is 38.1. The van der Waals surface area contributed by atoms with Crippen LogP contribution in [0.15, 0.2) is 6.07 Å². The maximum absolute atomic E-state index is 9.39.